The summed E-state index contributed by atoms with van der Waals surface area (Å²) in [5.41, 5.74) is 0. The molecule has 0 aromatic rings. The quantitative estimate of drug-likeness (QED) is 0.648. The van der Waals surface area contributed by atoms with Gasteiger partial charge >= 0.3 is 0 Å². The summed E-state index contributed by atoms with van der Waals surface area (Å²) in [6.45, 7) is 10.4. The maximum Gasteiger partial charge on any atom is 0.156 e. The number of hydrogen-bond donors (Lipinski definition) is 3. The third-order valence-corrected chi connectivity index (χ3v) is 1.37. The lowest BCUT2D eigenvalue weighted by Gasteiger charge is -2.17. The van der Waals surface area contributed by atoms with Crippen LogP contribution >= 0.6 is 0 Å². The summed E-state index contributed by atoms with van der Waals surface area (Å²) in [4.78, 5) is 0. The van der Waals surface area contributed by atoms with Crippen LogP contribution in [0.4, 0.5) is 0 Å². The van der Waals surface area contributed by atoms with Gasteiger partial charge in [0.15, 0.2) is 12.1 Å². The zero-order valence-corrected chi connectivity index (χ0v) is 12.2. The molecule has 0 radical (unpaired) electrons. The van der Waals surface area contributed by atoms with E-state index in [1.807, 2.05) is 20.8 Å². The fourth-order valence-electron chi connectivity index (χ4n) is 0.595. The summed E-state index contributed by atoms with van der Waals surface area (Å²) in [6, 6.07) is 0. The first-order chi connectivity index (χ1) is 7.74. The van der Waals surface area contributed by atoms with Gasteiger partial charge < -0.3 is 24.8 Å². The smallest absolute Gasteiger partial charge is 0.156 e. The van der Waals surface area contributed by atoms with E-state index in [0.29, 0.717) is 0 Å². The molecule has 0 saturated heterocycles. The molecule has 0 amide bonds. The first-order valence-electron chi connectivity index (χ1n) is 5.98. The Morgan fingerprint density at radius 1 is 1.18 bits per heavy atom. The maximum atomic E-state index is 8.69. The van der Waals surface area contributed by atoms with E-state index in [9.17, 15) is 0 Å². The number of methoxy groups -OCH3 is 1. The number of aliphatic hydroxyl groups is 3. The lowest BCUT2D eigenvalue weighted by molar-refractivity contribution is -0.154. The molecule has 0 bridgehead atoms. The highest BCUT2D eigenvalue weighted by Crippen LogP contribution is 2.01. The molecular weight excluding hydrogens is 224 g/mol. The largest absolute Gasteiger partial charge is 0.394 e. The predicted molar refractivity (Wildman–Crippen MR) is 68.6 cm³/mol. The maximum absolute atomic E-state index is 8.69. The van der Waals surface area contributed by atoms with Gasteiger partial charge in [-0.1, -0.05) is 20.8 Å². The van der Waals surface area contributed by atoms with Crippen molar-refractivity contribution in [3.63, 3.8) is 0 Å². The summed E-state index contributed by atoms with van der Waals surface area (Å²) in [6.07, 6.45) is 0.497. The van der Waals surface area contributed by atoms with Crippen LogP contribution in [0.1, 0.15) is 48.0 Å². The molecule has 0 rings (SSSR count). The zero-order chi connectivity index (χ0) is 14.5. The lowest BCUT2D eigenvalue weighted by atomic mass is 10.3. The van der Waals surface area contributed by atoms with Crippen LogP contribution in [-0.4, -0.2) is 47.2 Å². The van der Waals surface area contributed by atoms with Gasteiger partial charge in [0.25, 0.3) is 0 Å². The highest BCUT2D eigenvalue weighted by atomic mass is 16.7. The Labute approximate surface area is 105 Å². The van der Waals surface area contributed by atoms with Crippen LogP contribution in [-0.2, 0) is 9.47 Å². The fraction of sp³-hybridized carbons (Fsp3) is 1.00. The van der Waals surface area contributed by atoms with E-state index >= 15 is 0 Å². The molecule has 0 heterocycles. The highest BCUT2D eigenvalue weighted by molar-refractivity contribution is 4.51. The van der Waals surface area contributed by atoms with Gasteiger partial charge in [-0.05, 0) is 27.2 Å². The molecule has 0 fully saturated rings. The zero-order valence-electron chi connectivity index (χ0n) is 12.2. The molecule has 3 N–H and O–H groups in total. The molecular formula is C12H30O5. The standard InChI is InChI=1S/C7H16O3.C3H8O2.C2H6/c1-4-7(5-8)10-6(2)9-3;1-3(2,4)5;1-2/h6-8H,4-5H2,1-3H3;4-5H,1-2H3;1-2H3. The lowest BCUT2D eigenvalue weighted by Crippen LogP contribution is -2.23. The van der Waals surface area contributed by atoms with Crippen molar-refractivity contribution in [2.24, 2.45) is 0 Å². The molecule has 0 spiro atoms. The van der Waals surface area contributed by atoms with Gasteiger partial charge in [-0.15, -0.1) is 0 Å². The molecule has 2 atom stereocenters. The van der Waals surface area contributed by atoms with Crippen LogP contribution in [0.15, 0.2) is 0 Å². The predicted octanol–water partition coefficient (Wildman–Crippen LogP) is 1.50. The number of aliphatic hydroxyl groups excluding tert-OH is 1. The molecule has 108 valence electrons. The number of rotatable bonds is 5. The van der Waals surface area contributed by atoms with Crippen molar-refractivity contribution in [1.29, 1.82) is 0 Å². The Morgan fingerprint density at radius 2 is 1.53 bits per heavy atom. The van der Waals surface area contributed by atoms with Crippen LogP contribution in [0, 0.1) is 0 Å². The van der Waals surface area contributed by atoms with Crippen LogP contribution in [0.3, 0.4) is 0 Å². The van der Waals surface area contributed by atoms with E-state index in [2.05, 4.69) is 0 Å². The minimum atomic E-state index is -1.50. The Hall–Kier alpha value is -0.200. The Balaban J connectivity index is -0.000000236. The SMILES string of the molecule is CC.CC(C)(O)O.CCC(CO)OC(C)OC. The number of ether oxygens (including phenoxy) is 2. The molecule has 5 nitrogen and oxygen atoms in total. The molecule has 5 heteroatoms. The van der Waals surface area contributed by atoms with E-state index in [4.69, 9.17) is 24.8 Å². The Morgan fingerprint density at radius 3 is 1.71 bits per heavy atom. The van der Waals surface area contributed by atoms with Crippen LogP contribution in [0.2, 0.25) is 0 Å². The van der Waals surface area contributed by atoms with E-state index in [0.717, 1.165) is 6.42 Å². The molecule has 0 aliphatic carbocycles. The monoisotopic (exact) mass is 254 g/mol. The third-order valence-electron chi connectivity index (χ3n) is 1.37. The topological polar surface area (TPSA) is 79.2 Å². The van der Waals surface area contributed by atoms with Crippen molar-refractivity contribution in [1.82, 2.24) is 0 Å². The highest BCUT2D eigenvalue weighted by Gasteiger charge is 2.08. The van der Waals surface area contributed by atoms with Gasteiger partial charge in [0.05, 0.1) is 12.7 Å². The second-order valence-electron chi connectivity index (χ2n) is 3.65. The van der Waals surface area contributed by atoms with E-state index in [-0.39, 0.29) is 19.0 Å². The van der Waals surface area contributed by atoms with Crippen molar-refractivity contribution in [2.75, 3.05) is 13.7 Å². The van der Waals surface area contributed by atoms with Gasteiger partial charge in [0.1, 0.15) is 0 Å². The Bertz CT molecular complexity index is 123. The average molecular weight is 254 g/mol. The van der Waals surface area contributed by atoms with Gasteiger partial charge in [-0.3, -0.25) is 0 Å². The van der Waals surface area contributed by atoms with Crippen molar-refractivity contribution in [3.8, 4) is 0 Å². The first-order valence-corrected chi connectivity index (χ1v) is 5.98. The summed E-state index contributed by atoms with van der Waals surface area (Å²) >= 11 is 0. The van der Waals surface area contributed by atoms with Crippen LogP contribution in [0.5, 0.6) is 0 Å². The summed E-state index contributed by atoms with van der Waals surface area (Å²) < 4.78 is 10.1. The van der Waals surface area contributed by atoms with Crippen molar-refractivity contribution in [3.05, 3.63) is 0 Å². The normalized spacial score (nSPS) is 13.8. The van der Waals surface area contributed by atoms with Gasteiger partial charge in [-0.2, -0.15) is 0 Å². The van der Waals surface area contributed by atoms with Crippen molar-refractivity contribution < 1.29 is 24.8 Å². The third kappa shape index (κ3) is 31.3. The van der Waals surface area contributed by atoms with Crippen molar-refractivity contribution in [2.45, 2.75) is 66.1 Å². The molecule has 0 aliphatic rings. The summed E-state index contributed by atoms with van der Waals surface area (Å²) in [7, 11) is 1.58. The van der Waals surface area contributed by atoms with Gasteiger partial charge in [-0.25, -0.2) is 0 Å². The van der Waals surface area contributed by atoms with Crippen LogP contribution in [0.25, 0.3) is 0 Å². The molecule has 0 aromatic carbocycles. The van der Waals surface area contributed by atoms with E-state index in [1.165, 1.54) is 13.8 Å². The van der Waals surface area contributed by atoms with Gasteiger partial charge in [0.2, 0.25) is 0 Å². The van der Waals surface area contributed by atoms with E-state index < -0.39 is 5.79 Å². The number of hydrogen-bond acceptors (Lipinski definition) is 5. The minimum Gasteiger partial charge on any atom is -0.394 e. The average Bonchev–Trinajstić information content (AvgIpc) is 2.26. The van der Waals surface area contributed by atoms with Gasteiger partial charge in [0, 0.05) is 7.11 Å². The summed E-state index contributed by atoms with van der Waals surface area (Å²) in [5.74, 6) is -1.50. The summed E-state index contributed by atoms with van der Waals surface area (Å²) in [5, 5.41) is 24.8. The van der Waals surface area contributed by atoms with Crippen molar-refractivity contribution >= 4 is 0 Å². The molecule has 0 saturated carbocycles. The fourth-order valence-corrected chi connectivity index (χ4v) is 0.595. The molecule has 2 unspecified atom stereocenters. The second kappa shape index (κ2) is 13.9. The Kier molecular flexibility index (Phi) is 18.0. The molecule has 17 heavy (non-hydrogen) atoms. The van der Waals surface area contributed by atoms with Crippen LogP contribution < -0.4 is 0 Å². The molecule has 0 aliphatic heterocycles. The second-order valence-corrected chi connectivity index (χ2v) is 3.65. The minimum absolute atomic E-state index is 0.0597. The molecule has 0 aromatic heterocycles. The first kappa shape index (κ1) is 22.0. The van der Waals surface area contributed by atoms with E-state index in [1.54, 1.807) is 14.0 Å².